The van der Waals surface area contributed by atoms with Gasteiger partial charge in [0.25, 0.3) is 0 Å². The summed E-state index contributed by atoms with van der Waals surface area (Å²) in [4.78, 5) is 57.9. The van der Waals surface area contributed by atoms with Crippen LogP contribution in [-0.2, 0) is 9.59 Å². The van der Waals surface area contributed by atoms with Gasteiger partial charge in [-0.15, -0.1) is 0 Å². The summed E-state index contributed by atoms with van der Waals surface area (Å²) in [5.74, 6) is -12.2. The average Bonchev–Trinajstić information content (AvgIpc) is 3.22. The smallest absolute Gasteiger partial charge is 0.175 e. The Bertz CT molecular complexity index is 1680. The molecule has 10 nitrogen and oxygen atoms in total. The van der Waals surface area contributed by atoms with Gasteiger partial charge in [0, 0.05) is 23.0 Å². The van der Waals surface area contributed by atoms with Crippen molar-refractivity contribution >= 4 is 34.7 Å². The van der Waals surface area contributed by atoms with E-state index in [1.54, 1.807) is 13.8 Å². The minimum Gasteiger partial charge on any atom is -0.507 e. The van der Waals surface area contributed by atoms with Crippen LogP contribution < -0.4 is 0 Å². The van der Waals surface area contributed by atoms with Crippen LogP contribution in [0.25, 0.3) is 11.5 Å². The summed E-state index contributed by atoms with van der Waals surface area (Å²) in [6.07, 6.45) is -3.37. The van der Waals surface area contributed by atoms with Gasteiger partial charge in [-0.05, 0) is 49.2 Å². The van der Waals surface area contributed by atoms with Gasteiger partial charge in [0.2, 0.25) is 0 Å². The summed E-state index contributed by atoms with van der Waals surface area (Å²) in [5.41, 5.74) is -5.58. The number of aliphatic hydroxyl groups excluding tert-OH is 4. The fourth-order valence-electron chi connectivity index (χ4n) is 9.51. The Morgan fingerprint density at radius 1 is 0.600 bits per heavy atom. The summed E-state index contributed by atoms with van der Waals surface area (Å²) >= 11 is 0. The first kappa shape index (κ1) is 23.6. The van der Waals surface area contributed by atoms with Gasteiger partial charge in [-0.1, -0.05) is 0 Å². The van der Waals surface area contributed by atoms with Gasteiger partial charge < -0.3 is 30.6 Å². The fraction of sp³-hybridized carbons (Fsp3) is 0.333. The van der Waals surface area contributed by atoms with Crippen molar-refractivity contribution in [3.8, 4) is 11.5 Å². The topological polar surface area (TPSA) is 190 Å². The number of aryl methyl sites for hydroxylation is 2. The van der Waals surface area contributed by atoms with Crippen LogP contribution in [0, 0.1) is 48.3 Å². The monoisotopic (exact) mass is 542 g/mol. The maximum Gasteiger partial charge on any atom is 0.175 e. The lowest BCUT2D eigenvalue weighted by atomic mass is 9.46. The molecule has 0 radical (unpaired) electrons. The van der Waals surface area contributed by atoms with Crippen molar-refractivity contribution in [2.45, 2.75) is 26.1 Å². The third-order valence-corrected chi connectivity index (χ3v) is 10.4. The molecule has 10 heteroatoms. The number of carbonyl (C=O) groups excluding carboxylic acids is 4. The second kappa shape index (κ2) is 6.54. The van der Waals surface area contributed by atoms with Gasteiger partial charge in [0.05, 0.1) is 57.1 Å². The maximum atomic E-state index is 14.5. The van der Waals surface area contributed by atoms with E-state index in [2.05, 4.69) is 0 Å². The normalized spacial score (nSPS) is 38.1. The van der Waals surface area contributed by atoms with Gasteiger partial charge in [0.15, 0.2) is 23.1 Å². The van der Waals surface area contributed by atoms with Crippen molar-refractivity contribution in [1.29, 1.82) is 0 Å². The van der Waals surface area contributed by atoms with Gasteiger partial charge in [0.1, 0.15) is 23.0 Å². The van der Waals surface area contributed by atoms with Gasteiger partial charge >= 0.3 is 0 Å². The number of hydrogen-bond donors (Lipinski definition) is 6. The van der Waals surface area contributed by atoms with Gasteiger partial charge in [-0.2, -0.15) is 0 Å². The first-order chi connectivity index (χ1) is 18.8. The molecule has 4 bridgehead atoms. The minimum atomic E-state index is -2.25. The molecule has 202 valence electrons. The lowest BCUT2D eigenvalue weighted by Crippen LogP contribution is -2.65. The Labute approximate surface area is 225 Å². The lowest BCUT2D eigenvalue weighted by molar-refractivity contribution is -0.142. The number of ketones is 4. The highest BCUT2D eigenvalue weighted by molar-refractivity contribution is 6.30. The summed E-state index contributed by atoms with van der Waals surface area (Å²) in [7, 11) is 0. The Morgan fingerprint density at radius 3 is 1.30 bits per heavy atom. The van der Waals surface area contributed by atoms with E-state index in [0.717, 1.165) is 0 Å². The van der Waals surface area contributed by atoms with Gasteiger partial charge in [-0.3, -0.25) is 19.2 Å². The summed E-state index contributed by atoms with van der Waals surface area (Å²) in [6, 6.07) is 5.37. The van der Waals surface area contributed by atoms with Crippen LogP contribution in [0.3, 0.4) is 0 Å². The van der Waals surface area contributed by atoms with E-state index in [4.69, 9.17) is 0 Å². The first-order valence-electron chi connectivity index (χ1n) is 12.9. The molecular formula is C30H22O10. The average molecular weight is 542 g/mol. The third kappa shape index (κ3) is 1.96. The molecule has 0 amide bonds. The van der Waals surface area contributed by atoms with Crippen molar-refractivity contribution in [2.75, 3.05) is 0 Å². The number of aliphatic hydroxyl groups is 4. The molecular weight excluding hydrogens is 520 g/mol. The zero-order valence-corrected chi connectivity index (χ0v) is 21.1. The van der Waals surface area contributed by atoms with Crippen LogP contribution in [0.1, 0.15) is 43.0 Å². The van der Waals surface area contributed by atoms with Crippen LogP contribution in [0.5, 0.6) is 11.5 Å². The molecule has 0 unspecified atom stereocenters. The van der Waals surface area contributed by atoms with Gasteiger partial charge in [-0.25, -0.2) is 0 Å². The van der Waals surface area contributed by atoms with E-state index in [9.17, 15) is 49.8 Å². The van der Waals surface area contributed by atoms with E-state index in [1.807, 2.05) is 0 Å². The molecule has 40 heavy (non-hydrogen) atoms. The molecule has 2 spiro atoms. The van der Waals surface area contributed by atoms with Crippen molar-refractivity contribution in [1.82, 2.24) is 0 Å². The number of phenols is 2. The SMILES string of the molecule is Cc1cc(O)c2c(c1)C(=O)[C@]13C(=C2O)C(=O)[C@H]2[C@H](O)[C@H]1[C@@H]1[C@@H](O)[C@H]3C(=O)C3=C(O)c4c(O)cc(C)cc4C(=O)[C@@]312. The fourth-order valence-corrected chi connectivity index (χ4v) is 9.51. The Hall–Kier alpha value is -4.28. The molecule has 6 aliphatic carbocycles. The van der Waals surface area contributed by atoms with Crippen LogP contribution in [0.2, 0.25) is 0 Å². The summed E-state index contributed by atoms with van der Waals surface area (Å²) in [5, 5.41) is 67.8. The number of carbonyl (C=O) groups is 4. The number of hydrogen-bond acceptors (Lipinski definition) is 10. The molecule has 8 rings (SSSR count). The second-order valence-corrected chi connectivity index (χ2v) is 12.0. The highest BCUT2D eigenvalue weighted by Crippen LogP contribution is 2.80. The summed E-state index contributed by atoms with van der Waals surface area (Å²) < 4.78 is 0. The predicted molar refractivity (Wildman–Crippen MR) is 134 cm³/mol. The van der Waals surface area contributed by atoms with E-state index >= 15 is 0 Å². The maximum absolute atomic E-state index is 14.5. The number of phenolic OH excluding ortho intramolecular Hbond substituents is 2. The number of benzene rings is 2. The number of fused-ring (bicyclic) bond motifs is 4. The minimum absolute atomic E-state index is 0.185. The van der Waals surface area contributed by atoms with Crippen LogP contribution >= 0.6 is 0 Å². The van der Waals surface area contributed by atoms with Crippen molar-refractivity contribution in [3.05, 3.63) is 68.8 Å². The zero-order valence-electron chi connectivity index (χ0n) is 21.1. The molecule has 8 atom stereocenters. The molecule has 4 saturated carbocycles. The van der Waals surface area contributed by atoms with Crippen molar-refractivity contribution in [3.63, 3.8) is 0 Å². The highest BCUT2D eigenvalue weighted by Gasteiger charge is 2.89. The Kier molecular flexibility index (Phi) is 3.86. The second-order valence-electron chi connectivity index (χ2n) is 12.0. The standard InChI is InChI=1S/C30H22O10/c1-7-3-9-13(11(31)5-7)21(33)17-25(37)20-23(35)15-16-24(36)19(29(15,17)27(9)39)26(38)18-22(34)14-10(28(40)30(16,18)20)4-8(2)6-12(14)32/h3-6,15-16,19-20,23-24,31-36H,1-2H3/t15-,16-,19-,20+,23-,24-,29-,30+/m1/s1. The van der Waals surface area contributed by atoms with Crippen LogP contribution in [0.4, 0.5) is 0 Å². The molecule has 6 N–H and O–H groups in total. The zero-order chi connectivity index (χ0) is 28.5. The van der Waals surface area contributed by atoms with E-state index in [0.29, 0.717) is 11.1 Å². The van der Waals surface area contributed by atoms with Crippen molar-refractivity contribution < 1.29 is 49.8 Å². The Balaban J connectivity index is 1.55. The molecule has 0 aliphatic heterocycles. The van der Waals surface area contributed by atoms with Crippen molar-refractivity contribution in [2.24, 2.45) is 34.5 Å². The largest absolute Gasteiger partial charge is 0.507 e. The van der Waals surface area contributed by atoms with Crippen LogP contribution in [0.15, 0.2) is 35.4 Å². The number of aromatic hydroxyl groups is 2. The predicted octanol–water partition coefficient (Wildman–Crippen LogP) is 1.70. The number of allylic oxidation sites excluding steroid dienone is 2. The molecule has 0 saturated heterocycles. The molecule has 6 aliphatic rings. The van der Waals surface area contributed by atoms with E-state index < -0.39 is 104 Å². The number of rotatable bonds is 0. The van der Waals surface area contributed by atoms with E-state index in [1.165, 1.54) is 24.3 Å². The molecule has 0 aromatic heterocycles. The van der Waals surface area contributed by atoms with E-state index in [-0.39, 0.29) is 22.3 Å². The molecule has 4 fully saturated rings. The molecule has 0 heterocycles. The molecule has 2 aromatic rings. The Morgan fingerprint density at radius 2 is 0.950 bits per heavy atom. The lowest BCUT2D eigenvalue weighted by Gasteiger charge is -2.53. The molecule has 2 aromatic carbocycles. The third-order valence-electron chi connectivity index (χ3n) is 10.4. The number of Topliss-reactive ketones (excluding diaryl/α,β-unsaturated/α-hetero) is 4. The highest BCUT2D eigenvalue weighted by atomic mass is 16.3. The quantitative estimate of drug-likeness (QED) is 0.286. The summed E-state index contributed by atoms with van der Waals surface area (Å²) in [6.45, 7) is 3.19. The first-order valence-corrected chi connectivity index (χ1v) is 12.9. The van der Waals surface area contributed by atoms with Crippen LogP contribution in [-0.4, -0.2) is 66.0 Å².